The Morgan fingerprint density at radius 2 is 1.43 bits per heavy atom. The molecule has 3 N–H and O–H groups in total. The first-order valence-electron chi connectivity index (χ1n) is 22.2. The maximum atomic E-state index is 15.2. The first-order valence-corrected chi connectivity index (χ1v) is 22.2. The molecule has 3 unspecified atom stereocenters. The minimum Gasteiger partial charge on any atom is -0.454 e. The molecule has 0 bridgehead atoms. The molecular formula is C51H57N5O7. The van der Waals surface area contributed by atoms with Gasteiger partial charge in [0.1, 0.15) is 6.54 Å². The van der Waals surface area contributed by atoms with Crippen LogP contribution >= 0.6 is 0 Å². The van der Waals surface area contributed by atoms with Gasteiger partial charge in [-0.15, -0.1) is 0 Å². The highest BCUT2D eigenvalue weighted by atomic mass is 16.7. The van der Waals surface area contributed by atoms with Gasteiger partial charge in [-0.1, -0.05) is 53.7 Å². The zero-order chi connectivity index (χ0) is 44.2. The SMILES string of the molecule is CCC(C)(C)C1Cc2cc(NC(=O)C3(c4ccc5c(c4)OCO5)CC3)cc(C3CC3(C(=O)Nc3ccc4c(c3)cc(C(C)(C)C)n4CC(=O)N(C)C)c3ccc4c(c3)OCO4)c2N1. The smallest absolute Gasteiger partial charge is 0.242 e. The molecule has 0 saturated heterocycles. The number of ether oxygens (including phenoxy) is 4. The summed E-state index contributed by atoms with van der Waals surface area (Å²) < 4.78 is 24.9. The lowest BCUT2D eigenvalue weighted by Crippen LogP contribution is -2.34. The predicted octanol–water partition coefficient (Wildman–Crippen LogP) is 8.99. The van der Waals surface area contributed by atoms with E-state index >= 15 is 4.79 Å². The van der Waals surface area contributed by atoms with Crippen molar-refractivity contribution in [3.63, 3.8) is 0 Å². The Morgan fingerprint density at radius 3 is 2.08 bits per heavy atom. The molecule has 3 aliphatic heterocycles. The number of aromatic nitrogens is 1. The number of nitrogens with zero attached hydrogens (tertiary/aromatic N) is 2. The van der Waals surface area contributed by atoms with E-state index in [-0.39, 0.29) is 60.6 Å². The van der Waals surface area contributed by atoms with Crippen LogP contribution in [-0.4, -0.2) is 60.9 Å². The molecule has 63 heavy (non-hydrogen) atoms. The van der Waals surface area contributed by atoms with Crippen LogP contribution in [-0.2, 0) is 43.6 Å². The summed E-state index contributed by atoms with van der Waals surface area (Å²) in [7, 11) is 3.54. The maximum Gasteiger partial charge on any atom is 0.242 e. The fourth-order valence-corrected chi connectivity index (χ4v) is 9.96. The molecule has 2 aliphatic carbocycles. The van der Waals surface area contributed by atoms with Gasteiger partial charge >= 0.3 is 0 Å². The summed E-state index contributed by atoms with van der Waals surface area (Å²) in [6.45, 7) is 13.7. The third kappa shape index (κ3) is 6.84. The first kappa shape index (κ1) is 40.9. The average Bonchev–Trinajstić information content (AvgIpc) is 3.89. The molecule has 12 heteroatoms. The highest BCUT2D eigenvalue weighted by Crippen LogP contribution is 2.64. The lowest BCUT2D eigenvalue weighted by atomic mass is 9.80. The highest BCUT2D eigenvalue weighted by molar-refractivity contribution is 6.05. The van der Waals surface area contributed by atoms with Crippen molar-refractivity contribution in [3.05, 3.63) is 101 Å². The number of fused-ring (bicyclic) bond motifs is 4. The van der Waals surface area contributed by atoms with Gasteiger partial charge < -0.3 is 44.4 Å². The summed E-state index contributed by atoms with van der Waals surface area (Å²) in [6.07, 6.45) is 3.81. The maximum absolute atomic E-state index is 15.2. The van der Waals surface area contributed by atoms with Gasteiger partial charge in [0.25, 0.3) is 0 Å². The number of benzene rings is 4. The normalized spacial score (nSPS) is 21.1. The fraction of sp³-hybridized carbons (Fsp3) is 0.431. The van der Waals surface area contributed by atoms with Crippen molar-refractivity contribution < 1.29 is 33.3 Å². The lowest BCUT2D eigenvalue weighted by molar-refractivity contribution is -0.129. The van der Waals surface area contributed by atoms with E-state index in [0.717, 1.165) is 75.9 Å². The van der Waals surface area contributed by atoms with Crippen LogP contribution in [0.2, 0.25) is 0 Å². The van der Waals surface area contributed by atoms with Crippen molar-refractivity contribution >= 4 is 45.7 Å². The molecule has 5 aliphatic rings. The molecule has 3 atom stereocenters. The van der Waals surface area contributed by atoms with Crippen LogP contribution in [0, 0.1) is 5.41 Å². The van der Waals surface area contributed by atoms with Gasteiger partial charge in [0, 0.05) is 65.1 Å². The Bertz CT molecular complexity index is 2720. The molecule has 5 aromatic rings. The van der Waals surface area contributed by atoms with Crippen molar-refractivity contribution in [1.29, 1.82) is 0 Å². The van der Waals surface area contributed by atoms with Crippen LogP contribution in [0.15, 0.2) is 72.8 Å². The number of carbonyl (C=O) groups is 3. The molecule has 4 heterocycles. The molecule has 3 amide bonds. The van der Waals surface area contributed by atoms with Gasteiger partial charge in [-0.25, -0.2) is 0 Å². The molecule has 0 spiro atoms. The third-order valence-electron chi connectivity index (χ3n) is 14.6. The number of hydrogen-bond acceptors (Lipinski definition) is 8. The number of nitrogens with one attached hydrogen (secondary N) is 3. The van der Waals surface area contributed by atoms with Crippen LogP contribution in [0.4, 0.5) is 17.1 Å². The van der Waals surface area contributed by atoms with Gasteiger partial charge in [-0.2, -0.15) is 0 Å². The molecule has 4 aromatic carbocycles. The quantitative estimate of drug-likeness (QED) is 0.120. The number of carbonyl (C=O) groups excluding carboxylic acids is 3. The van der Waals surface area contributed by atoms with E-state index in [1.807, 2.05) is 54.6 Å². The van der Waals surface area contributed by atoms with Crippen LogP contribution in [0.25, 0.3) is 10.9 Å². The number of likely N-dealkylation sites (N-methyl/N-ethyl adjacent to an activating group) is 1. The molecule has 328 valence electrons. The molecular weight excluding hydrogens is 795 g/mol. The standard InChI is InChI=1S/C51H57N5O7/c1-9-49(5,6)42-20-30-19-34(53-46(58)50(16-17-50)31-10-14-38-40(22-31)62-27-60-38)24-35(45(30)54-42)36-25-51(36,32-11-15-39-41(23-32)63-28-61-39)47(59)52-33-12-13-37-29(18-33)21-43(48(2,3)4)56(37)26-44(57)55(7)8/h10-15,18-19,21-24,36,42,54H,9,16-17,20,25-28H2,1-8H3,(H,52,59)(H,53,58). The van der Waals surface area contributed by atoms with Gasteiger partial charge in [0.15, 0.2) is 23.0 Å². The number of amides is 3. The van der Waals surface area contributed by atoms with Crippen molar-refractivity contribution in [1.82, 2.24) is 9.47 Å². The van der Waals surface area contributed by atoms with E-state index in [9.17, 15) is 9.59 Å². The van der Waals surface area contributed by atoms with Crippen molar-refractivity contribution in [2.75, 3.05) is 43.6 Å². The van der Waals surface area contributed by atoms with E-state index in [0.29, 0.717) is 35.1 Å². The minimum absolute atomic E-state index is 0.00331. The van der Waals surface area contributed by atoms with E-state index in [4.69, 9.17) is 18.9 Å². The number of rotatable bonds is 11. The van der Waals surface area contributed by atoms with Crippen molar-refractivity contribution in [2.45, 2.75) is 108 Å². The van der Waals surface area contributed by atoms with Crippen LogP contribution in [0.3, 0.4) is 0 Å². The Balaban J connectivity index is 1.02. The highest BCUT2D eigenvalue weighted by Gasteiger charge is 2.63. The van der Waals surface area contributed by atoms with E-state index < -0.39 is 10.8 Å². The number of hydrogen-bond donors (Lipinski definition) is 3. The fourth-order valence-electron chi connectivity index (χ4n) is 9.96. The average molecular weight is 852 g/mol. The zero-order valence-corrected chi connectivity index (χ0v) is 37.5. The van der Waals surface area contributed by atoms with Crippen LogP contribution in [0.5, 0.6) is 23.0 Å². The topological polar surface area (TPSA) is 132 Å². The van der Waals surface area contributed by atoms with E-state index in [1.54, 1.807) is 19.0 Å². The van der Waals surface area contributed by atoms with E-state index in [2.05, 4.69) is 80.3 Å². The summed E-state index contributed by atoms with van der Waals surface area (Å²) in [6, 6.07) is 24.1. The minimum atomic E-state index is -0.961. The molecule has 2 saturated carbocycles. The summed E-state index contributed by atoms with van der Waals surface area (Å²) in [5, 5.41) is 11.6. The molecule has 10 rings (SSSR count). The van der Waals surface area contributed by atoms with Crippen LogP contribution in [0.1, 0.15) is 101 Å². The second-order valence-electron chi connectivity index (χ2n) is 20.1. The lowest BCUT2D eigenvalue weighted by Gasteiger charge is -2.31. The predicted molar refractivity (Wildman–Crippen MR) is 243 cm³/mol. The molecule has 12 nitrogen and oxygen atoms in total. The summed E-state index contributed by atoms with van der Waals surface area (Å²) >= 11 is 0. The summed E-state index contributed by atoms with van der Waals surface area (Å²) in [4.78, 5) is 44.2. The second kappa shape index (κ2) is 14.4. The van der Waals surface area contributed by atoms with Gasteiger partial charge in [-0.3, -0.25) is 14.4 Å². The first-order chi connectivity index (χ1) is 30.0. The summed E-state index contributed by atoms with van der Waals surface area (Å²) in [5.41, 5.74) is 6.46. The Hall–Kier alpha value is -6.17. The second-order valence-corrected chi connectivity index (χ2v) is 20.1. The van der Waals surface area contributed by atoms with Gasteiger partial charge in [0.2, 0.25) is 31.3 Å². The monoisotopic (exact) mass is 851 g/mol. The largest absolute Gasteiger partial charge is 0.454 e. The Labute approximate surface area is 368 Å². The Morgan fingerprint density at radius 1 is 0.778 bits per heavy atom. The summed E-state index contributed by atoms with van der Waals surface area (Å²) in [5.74, 6) is 2.22. The van der Waals surface area contributed by atoms with Crippen LogP contribution < -0.4 is 34.9 Å². The molecule has 0 radical (unpaired) electrons. The van der Waals surface area contributed by atoms with Crippen molar-refractivity contribution in [2.24, 2.45) is 5.41 Å². The molecule has 1 aromatic heterocycles. The van der Waals surface area contributed by atoms with Gasteiger partial charge in [0.05, 0.1) is 10.8 Å². The number of anilines is 3. The third-order valence-corrected chi connectivity index (χ3v) is 14.6. The van der Waals surface area contributed by atoms with Gasteiger partial charge in [-0.05, 0) is 120 Å². The Kier molecular flexibility index (Phi) is 9.37. The molecule has 2 fully saturated rings. The van der Waals surface area contributed by atoms with Crippen molar-refractivity contribution in [3.8, 4) is 23.0 Å². The zero-order valence-electron chi connectivity index (χ0n) is 37.5. The van der Waals surface area contributed by atoms with E-state index in [1.165, 1.54) is 0 Å².